The standard InChI is InChI=1S/C18H16Cl2FN3OS/c1-18(24-16(22)4-5-26-18)12-6-10(2-3-14(12)21)7-15(25)17-13(20)8-11(19)9-23-17/h2-3,6,8-9H,4-5,7H2,1H3,(H2,22,24). The van der Waals surface area contributed by atoms with Crippen LogP contribution in [0.2, 0.25) is 10.0 Å². The normalized spacial score (nSPS) is 19.9. The predicted octanol–water partition coefficient (Wildman–Crippen LogP) is 4.62. The van der Waals surface area contributed by atoms with Crippen molar-refractivity contribution in [2.24, 2.45) is 10.7 Å². The number of ketones is 1. The maximum Gasteiger partial charge on any atom is 0.187 e. The van der Waals surface area contributed by atoms with Gasteiger partial charge in [-0.3, -0.25) is 9.79 Å². The second-order valence-electron chi connectivity index (χ2n) is 6.08. The summed E-state index contributed by atoms with van der Waals surface area (Å²) in [4.78, 5) is 20.1. The molecular weight excluding hydrogens is 396 g/mol. The van der Waals surface area contributed by atoms with E-state index in [1.165, 1.54) is 30.1 Å². The van der Waals surface area contributed by atoms with Crippen LogP contribution in [-0.2, 0) is 11.3 Å². The van der Waals surface area contributed by atoms with Gasteiger partial charge in [-0.05, 0) is 30.7 Å². The van der Waals surface area contributed by atoms with Crippen molar-refractivity contribution in [3.8, 4) is 0 Å². The number of aliphatic imine (C=N–C) groups is 1. The lowest BCUT2D eigenvalue weighted by molar-refractivity contribution is 0.0988. The van der Waals surface area contributed by atoms with Gasteiger partial charge in [0.2, 0.25) is 0 Å². The van der Waals surface area contributed by atoms with E-state index >= 15 is 0 Å². The van der Waals surface area contributed by atoms with Crippen LogP contribution in [0.4, 0.5) is 4.39 Å². The van der Waals surface area contributed by atoms with Gasteiger partial charge in [0.1, 0.15) is 16.4 Å². The first-order chi connectivity index (χ1) is 12.3. The Morgan fingerprint density at radius 2 is 2.15 bits per heavy atom. The van der Waals surface area contributed by atoms with Crippen molar-refractivity contribution in [1.82, 2.24) is 4.98 Å². The lowest BCUT2D eigenvalue weighted by atomic mass is 10.00. The maximum atomic E-state index is 14.4. The summed E-state index contributed by atoms with van der Waals surface area (Å²) in [5.41, 5.74) is 7.05. The van der Waals surface area contributed by atoms with Crippen molar-refractivity contribution in [3.05, 3.63) is 63.1 Å². The number of nitrogens with two attached hydrogens (primary N) is 1. The lowest BCUT2D eigenvalue weighted by Gasteiger charge is -2.30. The molecule has 8 heteroatoms. The second kappa shape index (κ2) is 7.55. The number of benzene rings is 1. The van der Waals surface area contributed by atoms with E-state index in [9.17, 15) is 9.18 Å². The zero-order valence-corrected chi connectivity index (χ0v) is 16.3. The number of amidine groups is 1. The number of pyridine rings is 1. The van der Waals surface area contributed by atoms with E-state index in [1.54, 1.807) is 12.1 Å². The Morgan fingerprint density at radius 3 is 2.85 bits per heavy atom. The van der Waals surface area contributed by atoms with E-state index in [-0.39, 0.29) is 28.7 Å². The number of carbonyl (C=O) groups excluding carboxylic acids is 1. The van der Waals surface area contributed by atoms with Gasteiger partial charge in [-0.15, -0.1) is 11.8 Å². The molecule has 4 nitrogen and oxygen atoms in total. The molecule has 0 aliphatic carbocycles. The fourth-order valence-corrected chi connectivity index (χ4v) is 4.47. The molecule has 0 amide bonds. The summed E-state index contributed by atoms with van der Waals surface area (Å²) in [5, 5.41) is 0.547. The number of hydrogen-bond donors (Lipinski definition) is 1. The topological polar surface area (TPSA) is 68.3 Å². The largest absolute Gasteiger partial charge is 0.387 e. The monoisotopic (exact) mass is 411 g/mol. The van der Waals surface area contributed by atoms with Gasteiger partial charge in [0.25, 0.3) is 0 Å². The summed E-state index contributed by atoms with van der Waals surface area (Å²) in [6.07, 6.45) is 2.09. The first kappa shape index (κ1) is 19.1. The zero-order chi connectivity index (χ0) is 18.9. The number of carbonyl (C=O) groups is 1. The Kier molecular flexibility index (Phi) is 5.55. The third kappa shape index (κ3) is 4.03. The minimum Gasteiger partial charge on any atom is -0.387 e. The molecule has 1 aliphatic rings. The molecule has 1 unspecified atom stereocenters. The molecule has 1 aromatic heterocycles. The van der Waals surface area contributed by atoms with E-state index in [0.29, 0.717) is 28.4 Å². The molecule has 0 saturated heterocycles. The molecule has 1 atom stereocenters. The van der Waals surface area contributed by atoms with Gasteiger partial charge < -0.3 is 5.73 Å². The number of thioether (sulfide) groups is 1. The van der Waals surface area contributed by atoms with Gasteiger partial charge in [-0.25, -0.2) is 9.37 Å². The van der Waals surface area contributed by atoms with Gasteiger partial charge in [-0.1, -0.05) is 29.3 Å². The third-order valence-electron chi connectivity index (χ3n) is 4.07. The number of Topliss-reactive ketones (excluding diaryl/α,β-unsaturated/α-hetero) is 1. The van der Waals surface area contributed by atoms with Crippen molar-refractivity contribution < 1.29 is 9.18 Å². The molecule has 2 aromatic rings. The Bertz CT molecular complexity index is 906. The van der Waals surface area contributed by atoms with Crippen LogP contribution < -0.4 is 5.73 Å². The number of nitrogens with zero attached hydrogens (tertiary/aromatic N) is 2. The minimum absolute atomic E-state index is 0.0432. The fraction of sp³-hybridized carbons (Fsp3) is 0.278. The summed E-state index contributed by atoms with van der Waals surface area (Å²) < 4.78 is 14.4. The van der Waals surface area contributed by atoms with E-state index in [0.717, 1.165) is 5.75 Å². The molecule has 3 rings (SSSR count). The van der Waals surface area contributed by atoms with Crippen LogP contribution in [0.15, 0.2) is 35.5 Å². The van der Waals surface area contributed by atoms with Crippen molar-refractivity contribution in [2.75, 3.05) is 5.75 Å². The molecule has 2 N–H and O–H groups in total. The number of aromatic nitrogens is 1. The zero-order valence-electron chi connectivity index (χ0n) is 13.9. The van der Waals surface area contributed by atoms with Crippen LogP contribution >= 0.6 is 35.0 Å². The second-order valence-corrected chi connectivity index (χ2v) is 8.42. The molecule has 0 saturated carbocycles. The summed E-state index contributed by atoms with van der Waals surface area (Å²) in [6.45, 7) is 1.82. The van der Waals surface area contributed by atoms with Crippen LogP contribution in [0.5, 0.6) is 0 Å². The van der Waals surface area contributed by atoms with Gasteiger partial charge >= 0.3 is 0 Å². The van der Waals surface area contributed by atoms with Crippen molar-refractivity contribution in [1.29, 1.82) is 0 Å². The van der Waals surface area contributed by atoms with E-state index in [2.05, 4.69) is 9.98 Å². The van der Waals surface area contributed by atoms with E-state index < -0.39 is 4.87 Å². The third-order valence-corrected chi connectivity index (χ3v) is 5.84. The highest BCUT2D eigenvalue weighted by molar-refractivity contribution is 8.00. The maximum absolute atomic E-state index is 14.4. The Morgan fingerprint density at radius 1 is 1.38 bits per heavy atom. The van der Waals surface area contributed by atoms with Crippen molar-refractivity contribution >= 4 is 46.6 Å². The quantitative estimate of drug-likeness (QED) is 0.745. The molecule has 0 fully saturated rings. The van der Waals surface area contributed by atoms with Crippen molar-refractivity contribution in [2.45, 2.75) is 24.6 Å². The summed E-state index contributed by atoms with van der Waals surface area (Å²) in [7, 11) is 0. The van der Waals surface area contributed by atoms with Gasteiger partial charge in [0, 0.05) is 30.4 Å². The summed E-state index contributed by atoms with van der Waals surface area (Å²) in [6, 6.07) is 6.05. The fourth-order valence-electron chi connectivity index (χ4n) is 2.78. The van der Waals surface area contributed by atoms with Crippen LogP contribution in [-0.4, -0.2) is 22.4 Å². The molecule has 0 radical (unpaired) electrons. The molecule has 0 spiro atoms. The van der Waals surface area contributed by atoms with E-state index in [4.69, 9.17) is 28.9 Å². The summed E-state index contributed by atoms with van der Waals surface area (Å²) in [5.74, 6) is 0.619. The highest BCUT2D eigenvalue weighted by Gasteiger charge is 2.32. The number of hydrogen-bond acceptors (Lipinski definition) is 5. The smallest absolute Gasteiger partial charge is 0.187 e. The van der Waals surface area contributed by atoms with Crippen LogP contribution in [0.25, 0.3) is 0 Å². The average Bonchev–Trinajstić information content (AvgIpc) is 2.56. The first-order valence-corrected chi connectivity index (χ1v) is 9.64. The Labute approximate surface area is 165 Å². The Balaban J connectivity index is 1.90. The average molecular weight is 412 g/mol. The lowest BCUT2D eigenvalue weighted by Crippen LogP contribution is -2.28. The molecule has 136 valence electrons. The molecule has 26 heavy (non-hydrogen) atoms. The van der Waals surface area contributed by atoms with Crippen LogP contribution in [0.1, 0.15) is 35.0 Å². The van der Waals surface area contributed by atoms with Crippen molar-refractivity contribution in [3.63, 3.8) is 0 Å². The first-order valence-electron chi connectivity index (χ1n) is 7.90. The van der Waals surface area contributed by atoms with Gasteiger partial charge in [0.05, 0.1) is 15.9 Å². The van der Waals surface area contributed by atoms with Gasteiger partial charge in [-0.2, -0.15) is 0 Å². The van der Waals surface area contributed by atoms with Gasteiger partial charge in [0.15, 0.2) is 5.78 Å². The molecule has 2 heterocycles. The van der Waals surface area contributed by atoms with E-state index in [1.807, 2.05) is 6.92 Å². The number of rotatable bonds is 4. The summed E-state index contributed by atoms with van der Waals surface area (Å²) >= 11 is 13.4. The van der Waals surface area contributed by atoms with Crippen LogP contribution in [0.3, 0.4) is 0 Å². The van der Waals surface area contributed by atoms with Crippen LogP contribution in [0, 0.1) is 5.82 Å². The highest BCUT2D eigenvalue weighted by atomic mass is 35.5. The molecule has 0 bridgehead atoms. The SMILES string of the molecule is CC1(c2cc(CC(=O)c3ncc(Cl)cc3Cl)ccc2F)N=C(N)CCS1. The Hall–Kier alpha value is -1.63. The molecule has 1 aromatic carbocycles. The molecule has 1 aliphatic heterocycles. The predicted molar refractivity (Wildman–Crippen MR) is 105 cm³/mol. The number of halogens is 3. The molecular formula is C18H16Cl2FN3OS. The minimum atomic E-state index is -0.804. The highest BCUT2D eigenvalue weighted by Crippen LogP contribution is 2.42.